The summed E-state index contributed by atoms with van der Waals surface area (Å²) in [5.74, 6) is 1.15. The minimum Gasteiger partial charge on any atom is -0.507 e. The van der Waals surface area contributed by atoms with Crippen molar-refractivity contribution in [3.05, 3.63) is 86.3 Å². The summed E-state index contributed by atoms with van der Waals surface area (Å²) < 4.78 is 19.2. The molecule has 1 N–H and O–H groups in total. The number of aromatic hydroxyl groups is 1. The topological polar surface area (TPSA) is 87.0 Å². The van der Waals surface area contributed by atoms with Crippen LogP contribution in [0.15, 0.2) is 47.4 Å². The summed E-state index contributed by atoms with van der Waals surface area (Å²) in [5, 5.41) is 10.3. The summed E-state index contributed by atoms with van der Waals surface area (Å²) in [6.07, 6.45) is 3.03. The van der Waals surface area contributed by atoms with Crippen LogP contribution < -0.4 is 14.9 Å². The summed E-state index contributed by atoms with van der Waals surface area (Å²) >= 11 is 0. The number of benzene rings is 2. The predicted octanol–water partition coefficient (Wildman–Crippen LogP) is 4.69. The van der Waals surface area contributed by atoms with E-state index in [2.05, 4.69) is 0 Å². The molecule has 190 valence electrons. The molecule has 0 fully saturated rings. The largest absolute Gasteiger partial charge is 0.507 e. The average molecular weight is 492 g/mol. The molecule has 0 saturated carbocycles. The molecule has 0 spiro atoms. The minimum absolute atomic E-state index is 0.0862. The van der Waals surface area contributed by atoms with Crippen molar-refractivity contribution in [3.63, 3.8) is 0 Å². The van der Waals surface area contributed by atoms with E-state index in [1.54, 1.807) is 6.20 Å². The fourth-order valence-corrected chi connectivity index (χ4v) is 4.56. The Morgan fingerprint density at radius 2 is 1.83 bits per heavy atom. The SMILES string of the molecule is Cc1c(C)c2c(c(C)c1O)CC(CCOC(=O)CCn1ccc(=O)c(OCc3ccccc3)c1C)O2. The molecule has 0 aliphatic carbocycles. The summed E-state index contributed by atoms with van der Waals surface area (Å²) in [4.78, 5) is 24.7. The minimum atomic E-state index is -0.309. The highest BCUT2D eigenvalue weighted by Gasteiger charge is 2.29. The van der Waals surface area contributed by atoms with Crippen molar-refractivity contribution in [2.45, 2.75) is 66.2 Å². The number of carbonyl (C=O) groups excluding carboxylic acids is 1. The molecule has 0 saturated heterocycles. The van der Waals surface area contributed by atoms with Gasteiger partial charge in [0.2, 0.25) is 5.43 Å². The first-order chi connectivity index (χ1) is 17.3. The number of pyridine rings is 1. The number of hydrogen-bond donors (Lipinski definition) is 1. The third-order valence-electron chi connectivity index (χ3n) is 6.93. The van der Waals surface area contributed by atoms with E-state index in [1.807, 2.05) is 62.6 Å². The molecule has 7 heteroatoms. The fourth-order valence-electron chi connectivity index (χ4n) is 4.56. The van der Waals surface area contributed by atoms with Crippen LogP contribution >= 0.6 is 0 Å². The molecule has 0 amide bonds. The number of phenolic OH excluding ortho intramolecular Hbond substituents is 1. The fraction of sp³-hybridized carbons (Fsp3) is 0.379. The lowest BCUT2D eigenvalue weighted by molar-refractivity contribution is -0.144. The van der Waals surface area contributed by atoms with E-state index in [9.17, 15) is 14.7 Å². The van der Waals surface area contributed by atoms with Gasteiger partial charge in [-0.05, 0) is 49.9 Å². The van der Waals surface area contributed by atoms with E-state index in [4.69, 9.17) is 14.2 Å². The van der Waals surface area contributed by atoms with E-state index in [0.717, 1.165) is 33.6 Å². The molecule has 1 aliphatic rings. The molecule has 2 heterocycles. The number of phenols is 1. The third-order valence-corrected chi connectivity index (χ3v) is 6.93. The van der Waals surface area contributed by atoms with Crippen LogP contribution in [0.4, 0.5) is 0 Å². The highest BCUT2D eigenvalue weighted by molar-refractivity contribution is 5.69. The summed E-state index contributed by atoms with van der Waals surface area (Å²) in [6, 6.07) is 11.1. The number of hydrogen-bond acceptors (Lipinski definition) is 6. The molecule has 1 aliphatic heterocycles. The first-order valence-corrected chi connectivity index (χ1v) is 12.3. The quantitative estimate of drug-likeness (QED) is 0.437. The van der Waals surface area contributed by atoms with Gasteiger partial charge in [-0.15, -0.1) is 0 Å². The normalized spacial score (nSPS) is 14.3. The van der Waals surface area contributed by atoms with E-state index < -0.39 is 0 Å². The number of aromatic nitrogens is 1. The first-order valence-electron chi connectivity index (χ1n) is 12.3. The van der Waals surface area contributed by atoms with Crippen LogP contribution in [0.3, 0.4) is 0 Å². The van der Waals surface area contributed by atoms with Crippen molar-refractivity contribution in [1.29, 1.82) is 0 Å². The lowest BCUT2D eigenvalue weighted by atomic mass is 9.96. The van der Waals surface area contributed by atoms with Gasteiger partial charge in [-0.25, -0.2) is 0 Å². The van der Waals surface area contributed by atoms with Gasteiger partial charge in [0.15, 0.2) is 5.75 Å². The Bertz CT molecular complexity index is 1270. The van der Waals surface area contributed by atoms with Crippen LogP contribution in [0.1, 0.15) is 46.4 Å². The first kappa shape index (κ1) is 25.4. The summed E-state index contributed by atoms with van der Waals surface area (Å²) in [6.45, 7) is 8.50. The molecule has 2 aromatic carbocycles. The molecular weight excluding hydrogens is 458 g/mol. The zero-order valence-corrected chi connectivity index (χ0v) is 21.3. The maximum atomic E-state index is 12.4. The van der Waals surface area contributed by atoms with Crippen LogP contribution in [-0.2, 0) is 29.1 Å². The monoisotopic (exact) mass is 491 g/mol. The van der Waals surface area contributed by atoms with E-state index in [0.29, 0.717) is 43.2 Å². The molecule has 0 radical (unpaired) electrons. The molecule has 0 bridgehead atoms. The molecule has 4 rings (SSSR count). The molecular formula is C29H33NO6. The van der Waals surface area contributed by atoms with Crippen LogP contribution in [0.5, 0.6) is 17.2 Å². The van der Waals surface area contributed by atoms with Crippen LogP contribution in [0.2, 0.25) is 0 Å². The zero-order valence-electron chi connectivity index (χ0n) is 21.3. The molecule has 1 atom stereocenters. The smallest absolute Gasteiger partial charge is 0.307 e. The zero-order chi connectivity index (χ0) is 25.8. The standard InChI is InChI=1S/C29H33NO6/c1-18-19(2)28-24(20(3)27(18)33)16-23(36-28)12-15-34-26(32)11-14-30-13-10-25(31)29(21(30)4)35-17-22-8-6-5-7-9-22/h5-10,13,23,33H,11-12,14-17H2,1-4H3. The van der Waals surface area contributed by atoms with Gasteiger partial charge < -0.3 is 23.9 Å². The van der Waals surface area contributed by atoms with E-state index >= 15 is 0 Å². The van der Waals surface area contributed by atoms with E-state index in [1.165, 1.54) is 6.07 Å². The summed E-state index contributed by atoms with van der Waals surface area (Å²) in [7, 11) is 0. The number of ether oxygens (including phenoxy) is 3. The number of aryl methyl sites for hydroxylation is 1. The predicted molar refractivity (Wildman–Crippen MR) is 137 cm³/mol. The second kappa shape index (κ2) is 10.9. The van der Waals surface area contributed by atoms with Crippen molar-refractivity contribution < 1.29 is 24.1 Å². The van der Waals surface area contributed by atoms with Gasteiger partial charge in [0.1, 0.15) is 24.2 Å². The number of rotatable bonds is 9. The Balaban J connectivity index is 1.27. The average Bonchev–Trinajstić information content (AvgIpc) is 3.30. The molecule has 7 nitrogen and oxygen atoms in total. The second-order valence-electron chi connectivity index (χ2n) is 9.30. The highest BCUT2D eigenvalue weighted by atomic mass is 16.5. The van der Waals surface area contributed by atoms with Gasteiger partial charge in [-0.1, -0.05) is 30.3 Å². The Morgan fingerprint density at radius 3 is 2.58 bits per heavy atom. The summed E-state index contributed by atoms with van der Waals surface area (Å²) in [5.41, 5.74) is 5.14. The van der Waals surface area contributed by atoms with Crippen molar-refractivity contribution in [1.82, 2.24) is 4.57 Å². The van der Waals surface area contributed by atoms with Gasteiger partial charge in [0, 0.05) is 37.2 Å². The molecule has 3 aromatic rings. The third kappa shape index (κ3) is 5.40. The van der Waals surface area contributed by atoms with Gasteiger partial charge in [0.05, 0.1) is 18.7 Å². The van der Waals surface area contributed by atoms with Crippen molar-refractivity contribution in [2.75, 3.05) is 6.61 Å². The van der Waals surface area contributed by atoms with Gasteiger partial charge in [-0.2, -0.15) is 0 Å². The van der Waals surface area contributed by atoms with Crippen molar-refractivity contribution in [3.8, 4) is 17.2 Å². The van der Waals surface area contributed by atoms with Gasteiger partial charge >= 0.3 is 5.97 Å². The van der Waals surface area contributed by atoms with E-state index in [-0.39, 0.29) is 30.5 Å². The molecule has 36 heavy (non-hydrogen) atoms. The Hall–Kier alpha value is -3.74. The van der Waals surface area contributed by atoms with Crippen molar-refractivity contribution >= 4 is 5.97 Å². The highest BCUT2D eigenvalue weighted by Crippen LogP contribution is 2.42. The van der Waals surface area contributed by atoms with Gasteiger partial charge in [0.25, 0.3) is 0 Å². The second-order valence-corrected chi connectivity index (χ2v) is 9.30. The van der Waals surface area contributed by atoms with Crippen LogP contribution in [0, 0.1) is 27.7 Å². The lowest BCUT2D eigenvalue weighted by Crippen LogP contribution is -2.19. The number of carbonyl (C=O) groups is 1. The van der Waals surface area contributed by atoms with Crippen molar-refractivity contribution in [2.24, 2.45) is 0 Å². The Labute approximate surface area is 211 Å². The van der Waals surface area contributed by atoms with Crippen LogP contribution in [-0.4, -0.2) is 28.4 Å². The number of nitrogens with zero attached hydrogens (tertiary/aromatic N) is 1. The van der Waals surface area contributed by atoms with Crippen LogP contribution in [0.25, 0.3) is 0 Å². The maximum absolute atomic E-state index is 12.4. The number of fused-ring (bicyclic) bond motifs is 1. The number of esters is 1. The maximum Gasteiger partial charge on any atom is 0.307 e. The molecule has 1 unspecified atom stereocenters. The Morgan fingerprint density at radius 1 is 1.08 bits per heavy atom. The Kier molecular flexibility index (Phi) is 7.67. The molecule has 1 aromatic heterocycles. The van der Waals surface area contributed by atoms with Gasteiger partial charge in [-0.3, -0.25) is 9.59 Å². The lowest BCUT2D eigenvalue weighted by Gasteiger charge is -2.15.